The Morgan fingerprint density at radius 3 is 2.31 bits per heavy atom. The minimum atomic E-state index is -1.09. The number of carbonyl (C=O) groups is 4. The number of aryl methyl sites for hydroxylation is 1. The molecule has 2 atom stereocenters. The fraction of sp³-hybridized carbons (Fsp3) is 0.697. The van der Waals surface area contributed by atoms with E-state index < -0.39 is 35.6 Å². The molecule has 1 saturated carbocycles. The van der Waals surface area contributed by atoms with E-state index in [2.05, 4.69) is 17.6 Å². The highest BCUT2D eigenvalue weighted by molar-refractivity contribution is 5.92. The fourth-order valence-corrected chi connectivity index (χ4v) is 5.49. The molecular formula is C33H54N4O5. The van der Waals surface area contributed by atoms with Crippen LogP contribution in [-0.4, -0.2) is 52.9 Å². The molecule has 4 amide bonds. The lowest BCUT2D eigenvalue weighted by Gasteiger charge is -2.36. The third kappa shape index (κ3) is 11.6. The van der Waals surface area contributed by atoms with Crippen LogP contribution < -0.4 is 16.4 Å². The van der Waals surface area contributed by atoms with Gasteiger partial charge in [0.05, 0.1) is 0 Å². The number of primary amides is 1. The lowest BCUT2D eigenvalue weighted by atomic mass is 9.92. The van der Waals surface area contributed by atoms with E-state index in [1.54, 1.807) is 25.7 Å². The average Bonchev–Trinajstić information content (AvgIpc) is 2.91. The van der Waals surface area contributed by atoms with Crippen molar-refractivity contribution in [2.45, 2.75) is 142 Å². The minimum absolute atomic E-state index is 0.00348. The fourth-order valence-electron chi connectivity index (χ4n) is 5.49. The topological polar surface area (TPSA) is 131 Å². The molecule has 0 bridgehead atoms. The van der Waals surface area contributed by atoms with Gasteiger partial charge in [0, 0.05) is 19.0 Å². The summed E-state index contributed by atoms with van der Waals surface area (Å²) in [7, 11) is 0. The molecule has 42 heavy (non-hydrogen) atoms. The third-order valence-corrected chi connectivity index (χ3v) is 7.91. The van der Waals surface area contributed by atoms with Crippen LogP contribution in [0.3, 0.4) is 0 Å². The van der Waals surface area contributed by atoms with Crippen LogP contribution in [-0.2, 0) is 19.1 Å². The molecule has 0 spiro atoms. The molecule has 4 N–H and O–H groups in total. The Kier molecular flexibility index (Phi) is 14.3. The van der Waals surface area contributed by atoms with E-state index in [1.807, 2.05) is 32.0 Å². The molecule has 236 valence electrons. The Labute approximate surface area is 252 Å². The smallest absolute Gasteiger partial charge is 0.408 e. The lowest BCUT2D eigenvalue weighted by Crippen LogP contribution is -2.54. The van der Waals surface area contributed by atoms with Crippen LogP contribution >= 0.6 is 0 Å². The zero-order valence-corrected chi connectivity index (χ0v) is 26.7. The van der Waals surface area contributed by atoms with Crippen molar-refractivity contribution in [2.24, 2.45) is 5.73 Å². The van der Waals surface area contributed by atoms with Crippen molar-refractivity contribution in [3.63, 3.8) is 0 Å². The number of hydrogen-bond donors (Lipinski definition) is 3. The average molecular weight is 587 g/mol. The van der Waals surface area contributed by atoms with Gasteiger partial charge >= 0.3 is 6.09 Å². The van der Waals surface area contributed by atoms with Gasteiger partial charge in [0.2, 0.25) is 17.7 Å². The summed E-state index contributed by atoms with van der Waals surface area (Å²) in [5.41, 5.74) is 7.39. The van der Waals surface area contributed by atoms with E-state index in [4.69, 9.17) is 10.5 Å². The van der Waals surface area contributed by atoms with Gasteiger partial charge in [0.25, 0.3) is 0 Å². The summed E-state index contributed by atoms with van der Waals surface area (Å²) in [5, 5.41) is 5.93. The Morgan fingerprint density at radius 2 is 1.69 bits per heavy atom. The highest BCUT2D eigenvalue weighted by Gasteiger charge is 2.37. The van der Waals surface area contributed by atoms with E-state index in [0.717, 1.165) is 74.5 Å². The maximum atomic E-state index is 14.4. The lowest BCUT2D eigenvalue weighted by molar-refractivity contribution is -0.143. The number of nitrogens with zero attached hydrogens (tertiary/aromatic N) is 1. The molecule has 0 saturated heterocycles. The summed E-state index contributed by atoms with van der Waals surface area (Å²) in [6.07, 6.45) is 9.09. The van der Waals surface area contributed by atoms with Gasteiger partial charge in [-0.15, -0.1) is 0 Å². The molecule has 0 aromatic heterocycles. The predicted octanol–water partition coefficient (Wildman–Crippen LogP) is 5.75. The number of alkyl carbamates (subject to hydrolysis) is 1. The molecule has 0 aliphatic heterocycles. The highest BCUT2D eigenvalue weighted by Crippen LogP contribution is 2.29. The van der Waals surface area contributed by atoms with Gasteiger partial charge in [-0.05, 0) is 77.0 Å². The Bertz CT molecular complexity index is 1050. The molecule has 2 unspecified atom stereocenters. The van der Waals surface area contributed by atoms with E-state index >= 15 is 0 Å². The van der Waals surface area contributed by atoms with Crippen LogP contribution in [0.25, 0.3) is 0 Å². The summed E-state index contributed by atoms with van der Waals surface area (Å²) >= 11 is 0. The number of carbonyl (C=O) groups excluding carboxylic acids is 4. The number of benzene rings is 1. The molecule has 9 heteroatoms. The van der Waals surface area contributed by atoms with Crippen LogP contribution in [0, 0.1) is 13.8 Å². The van der Waals surface area contributed by atoms with Gasteiger partial charge in [0.15, 0.2) is 0 Å². The molecular weight excluding hydrogens is 532 g/mol. The van der Waals surface area contributed by atoms with Crippen molar-refractivity contribution in [3.8, 4) is 0 Å². The Hall–Kier alpha value is -3.10. The quantitative estimate of drug-likeness (QED) is 0.225. The number of nitrogens with two attached hydrogens (primary N) is 1. The van der Waals surface area contributed by atoms with E-state index in [9.17, 15) is 19.2 Å². The first kappa shape index (κ1) is 35.1. The molecule has 1 aliphatic carbocycles. The zero-order valence-electron chi connectivity index (χ0n) is 26.7. The molecule has 1 fully saturated rings. The number of amides is 4. The van der Waals surface area contributed by atoms with Gasteiger partial charge < -0.3 is 26.0 Å². The molecule has 2 rings (SSSR count). The Morgan fingerprint density at radius 1 is 1.02 bits per heavy atom. The second-order valence-corrected chi connectivity index (χ2v) is 12.7. The molecule has 1 aromatic carbocycles. The van der Waals surface area contributed by atoms with E-state index in [0.29, 0.717) is 13.0 Å². The highest BCUT2D eigenvalue weighted by atomic mass is 16.6. The summed E-state index contributed by atoms with van der Waals surface area (Å²) < 4.78 is 5.44. The monoisotopic (exact) mass is 586 g/mol. The van der Waals surface area contributed by atoms with E-state index in [-0.39, 0.29) is 24.8 Å². The van der Waals surface area contributed by atoms with Crippen molar-refractivity contribution in [3.05, 3.63) is 34.9 Å². The third-order valence-electron chi connectivity index (χ3n) is 7.91. The minimum Gasteiger partial charge on any atom is -0.444 e. The maximum absolute atomic E-state index is 14.4. The first-order valence-electron chi connectivity index (χ1n) is 15.8. The number of unbranched alkanes of at least 4 members (excludes halogenated alkanes) is 4. The van der Waals surface area contributed by atoms with Crippen molar-refractivity contribution >= 4 is 23.8 Å². The molecule has 9 nitrogen and oxygen atoms in total. The standard InChI is InChI=1S/C33H54N4O5/c1-7-8-9-10-14-22-37(31(40)27(20-21-28(34)38)36-32(41)42-33(4,5)6)29(26-19-15-16-23(2)24(26)3)30(39)35-25-17-12-11-13-18-25/h15-16,19,25,27,29H,7-14,17-18,20-22H2,1-6H3,(H2,34,38)(H,35,39)(H,36,41). The van der Waals surface area contributed by atoms with Crippen LogP contribution in [0.15, 0.2) is 18.2 Å². The number of nitrogens with one attached hydrogen (secondary N) is 2. The van der Waals surface area contributed by atoms with Crippen LogP contribution in [0.2, 0.25) is 0 Å². The first-order chi connectivity index (χ1) is 19.8. The van der Waals surface area contributed by atoms with Gasteiger partial charge in [-0.2, -0.15) is 0 Å². The molecule has 0 heterocycles. The number of hydrogen-bond acceptors (Lipinski definition) is 5. The van der Waals surface area contributed by atoms with Crippen molar-refractivity contribution in [1.29, 1.82) is 0 Å². The van der Waals surface area contributed by atoms with Crippen molar-refractivity contribution in [1.82, 2.24) is 15.5 Å². The maximum Gasteiger partial charge on any atom is 0.408 e. The van der Waals surface area contributed by atoms with Gasteiger partial charge in [-0.1, -0.05) is 70.1 Å². The zero-order chi connectivity index (χ0) is 31.3. The predicted molar refractivity (Wildman–Crippen MR) is 166 cm³/mol. The van der Waals surface area contributed by atoms with Gasteiger partial charge in [0.1, 0.15) is 17.7 Å². The SMILES string of the molecule is CCCCCCCN(C(=O)C(CCC(N)=O)NC(=O)OC(C)(C)C)C(C(=O)NC1CCCCC1)c1cccc(C)c1C. The van der Waals surface area contributed by atoms with Gasteiger partial charge in [-0.3, -0.25) is 14.4 Å². The van der Waals surface area contributed by atoms with E-state index in [1.165, 1.54) is 0 Å². The van der Waals surface area contributed by atoms with Crippen molar-refractivity contribution < 1.29 is 23.9 Å². The summed E-state index contributed by atoms with van der Waals surface area (Å²) in [4.78, 5) is 54.7. The number of ether oxygens (including phenoxy) is 1. The molecule has 1 aromatic rings. The first-order valence-corrected chi connectivity index (χ1v) is 15.8. The van der Waals surface area contributed by atoms with Crippen LogP contribution in [0.5, 0.6) is 0 Å². The molecule has 0 radical (unpaired) electrons. The second-order valence-electron chi connectivity index (χ2n) is 12.7. The van der Waals surface area contributed by atoms with Crippen LogP contribution in [0.4, 0.5) is 4.79 Å². The second kappa shape index (κ2) is 17.1. The van der Waals surface area contributed by atoms with Gasteiger partial charge in [-0.25, -0.2) is 4.79 Å². The van der Waals surface area contributed by atoms with Crippen molar-refractivity contribution in [2.75, 3.05) is 6.54 Å². The Balaban J connectivity index is 2.53. The summed E-state index contributed by atoms with van der Waals surface area (Å²) in [6.45, 7) is 11.7. The normalized spacial score (nSPS) is 15.4. The number of rotatable bonds is 15. The molecule has 1 aliphatic rings. The summed E-state index contributed by atoms with van der Waals surface area (Å²) in [5.74, 6) is -1.23. The summed E-state index contributed by atoms with van der Waals surface area (Å²) in [6, 6.07) is 3.90. The van der Waals surface area contributed by atoms with Crippen LogP contribution in [0.1, 0.15) is 127 Å². The largest absolute Gasteiger partial charge is 0.444 e.